The van der Waals surface area contributed by atoms with Gasteiger partial charge in [-0.1, -0.05) is 91.0 Å². The maximum absolute atomic E-state index is 13.4. The number of Topliss-reactive ketones (excluding diaryl/α,β-unsaturated/α-hetero) is 1. The maximum atomic E-state index is 13.4. The van der Waals surface area contributed by atoms with Crippen molar-refractivity contribution >= 4 is 29.6 Å². The van der Waals surface area contributed by atoms with Gasteiger partial charge in [-0.3, -0.25) is 24.6 Å². The summed E-state index contributed by atoms with van der Waals surface area (Å²) in [7, 11) is 0. The summed E-state index contributed by atoms with van der Waals surface area (Å²) in [4.78, 5) is 65.5. The minimum atomic E-state index is -1.45. The van der Waals surface area contributed by atoms with Crippen LogP contribution in [0.4, 0.5) is 4.79 Å². The molecule has 3 aromatic rings. The fourth-order valence-electron chi connectivity index (χ4n) is 4.57. The van der Waals surface area contributed by atoms with Crippen molar-refractivity contribution in [2.24, 2.45) is 0 Å². The number of carbonyl (C=O) groups excluding carboxylic acids is 4. The predicted molar refractivity (Wildman–Crippen MR) is 145 cm³/mol. The molecule has 10 nitrogen and oxygen atoms in total. The van der Waals surface area contributed by atoms with Crippen molar-refractivity contribution < 1.29 is 29.1 Å². The fourth-order valence-corrected chi connectivity index (χ4v) is 4.57. The molecule has 1 unspecified atom stereocenters. The molecule has 4 rings (SSSR count). The SMILES string of the molecule is O=C(NN(Cc1ccccc1)C(=O)O)C(=O)C(Cc1ccccc1)NC(=O)[C@H]1CCC(=O)N1Cc1ccccc1. The average Bonchev–Trinajstić information content (AvgIpc) is 3.33. The second-order valence-electron chi connectivity index (χ2n) is 9.47. The summed E-state index contributed by atoms with van der Waals surface area (Å²) >= 11 is 0. The Kier molecular flexibility index (Phi) is 9.24. The van der Waals surface area contributed by atoms with Crippen molar-refractivity contribution in [3.05, 3.63) is 108 Å². The highest BCUT2D eigenvalue weighted by Gasteiger charge is 2.38. The number of benzene rings is 3. The number of hydrogen-bond donors (Lipinski definition) is 3. The van der Waals surface area contributed by atoms with Crippen LogP contribution in [0.2, 0.25) is 0 Å². The van der Waals surface area contributed by atoms with E-state index in [1.54, 1.807) is 60.7 Å². The Balaban J connectivity index is 1.50. The van der Waals surface area contributed by atoms with E-state index in [1.165, 1.54) is 4.90 Å². The lowest BCUT2D eigenvalue weighted by molar-refractivity contribution is -0.143. The zero-order valence-corrected chi connectivity index (χ0v) is 21.7. The van der Waals surface area contributed by atoms with Gasteiger partial charge in [0.1, 0.15) is 12.1 Å². The first-order valence-corrected chi connectivity index (χ1v) is 12.9. The third-order valence-electron chi connectivity index (χ3n) is 6.62. The van der Waals surface area contributed by atoms with E-state index >= 15 is 0 Å². The molecule has 0 aliphatic carbocycles. The van der Waals surface area contributed by atoms with Gasteiger partial charge in [0.2, 0.25) is 17.6 Å². The van der Waals surface area contributed by atoms with Gasteiger partial charge in [-0.05, 0) is 23.1 Å². The van der Waals surface area contributed by atoms with Crippen molar-refractivity contribution in [3.63, 3.8) is 0 Å². The number of carboxylic acid groups (broad SMARTS) is 1. The van der Waals surface area contributed by atoms with Crippen LogP contribution in [0.15, 0.2) is 91.0 Å². The molecule has 3 N–H and O–H groups in total. The summed E-state index contributed by atoms with van der Waals surface area (Å²) in [5.74, 6) is -2.91. The van der Waals surface area contributed by atoms with Gasteiger partial charge < -0.3 is 15.3 Å². The number of amides is 4. The Labute approximate surface area is 231 Å². The van der Waals surface area contributed by atoms with Gasteiger partial charge in [0.25, 0.3) is 0 Å². The van der Waals surface area contributed by atoms with E-state index in [9.17, 15) is 29.1 Å². The highest BCUT2D eigenvalue weighted by atomic mass is 16.4. The van der Waals surface area contributed by atoms with E-state index in [-0.39, 0.29) is 38.3 Å². The van der Waals surface area contributed by atoms with Gasteiger partial charge in [-0.2, -0.15) is 0 Å². The van der Waals surface area contributed by atoms with E-state index in [2.05, 4.69) is 10.7 Å². The smallest absolute Gasteiger partial charge is 0.426 e. The third kappa shape index (κ3) is 7.31. The molecular formula is C30H30N4O6. The number of rotatable bonds is 10. The Morgan fingerprint density at radius 1 is 0.850 bits per heavy atom. The van der Waals surface area contributed by atoms with Crippen LogP contribution in [0.25, 0.3) is 0 Å². The van der Waals surface area contributed by atoms with Gasteiger partial charge in [-0.25, -0.2) is 9.80 Å². The molecule has 3 aromatic carbocycles. The molecule has 4 amide bonds. The molecule has 40 heavy (non-hydrogen) atoms. The van der Waals surface area contributed by atoms with Crippen LogP contribution in [0.1, 0.15) is 29.5 Å². The lowest BCUT2D eigenvalue weighted by Gasteiger charge is -2.27. The summed E-state index contributed by atoms with van der Waals surface area (Å²) in [6.45, 7) is 0.0616. The summed E-state index contributed by atoms with van der Waals surface area (Å²) in [5, 5.41) is 12.9. The van der Waals surface area contributed by atoms with Gasteiger partial charge in [-0.15, -0.1) is 0 Å². The first-order chi connectivity index (χ1) is 19.3. The van der Waals surface area contributed by atoms with Crippen LogP contribution in [-0.4, -0.2) is 56.7 Å². The van der Waals surface area contributed by atoms with Crippen molar-refractivity contribution in [1.82, 2.24) is 20.7 Å². The molecule has 2 atom stereocenters. The lowest BCUT2D eigenvalue weighted by Crippen LogP contribution is -2.56. The number of nitrogens with one attached hydrogen (secondary N) is 2. The Morgan fingerprint density at radius 2 is 1.40 bits per heavy atom. The van der Waals surface area contributed by atoms with Gasteiger partial charge >= 0.3 is 12.0 Å². The maximum Gasteiger partial charge on any atom is 0.426 e. The van der Waals surface area contributed by atoms with Crippen LogP contribution in [0.5, 0.6) is 0 Å². The second-order valence-corrected chi connectivity index (χ2v) is 9.47. The summed E-state index contributed by atoms with van der Waals surface area (Å²) in [6.07, 6.45) is -0.978. The molecule has 0 spiro atoms. The molecule has 0 saturated carbocycles. The number of nitrogens with zero attached hydrogens (tertiary/aromatic N) is 2. The number of hydrazine groups is 1. The van der Waals surface area contributed by atoms with Crippen LogP contribution in [-0.2, 0) is 38.7 Å². The van der Waals surface area contributed by atoms with E-state index in [1.807, 2.05) is 30.3 Å². The molecule has 1 saturated heterocycles. The van der Waals surface area contributed by atoms with Crippen LogP contribution in [0, 0.1) is 0 Å². The molecule has 1 heterocycles. The molecule has 1 aliphatic rings. The van der Waals surface area contributed by atoms with Crippen LogP contribution < -0.4 is 10.7 Å². The Hall–Kier alpha value is -4.99. The summed E-state index contributed by atoms with van der Waals surface area (Å²) in [6, 6.07) is 24.6. The summed E-state index contributed by atoms with van der Waals surface area (Å²) in [5.41, 5.74) is 4.31. The van der Waals surface area contributed by atoms with E-state index in [0.29, 0.717) is 16.1 Å². The number of carbonyl (C=O) groups is 5. The molecule has 0 aromatic heterocycles. The fraction of sp³-hybridized carbons (Fsp3) is 0.233. The molecule has 0 radical (unpaired) electrons. The van der Waals surface area contributed by atoms with E-state index in [4.69, 9.17) is 0 Å². The molecule has 1 aliphatic heterocycles. The quantitative estimate of drug-likeness (QED) is 0.266. The Bertz CT molecular complexity index is 1350. The zero-order valence-electron chi connectivity index (χ0n) is 21.7. The molecule has 1 fully saturated rings. The first-order valence-electron chi connectivity index (χ1n) is 12.9. The van der Waals surface area contributed by atoms with Crippen LogP contribution in [0.3, 0.4) is 0 Å². The van der Waals surface area contributed by atoms with Gasteiger partial charge in [0.05, 0.1) is 6.54 Å². The molecule has 0 bridgehead atoms. The average molecular weight is 543 g/mol. The highest BCUT2D eigenvalue weighted by molar-refractivity contribution is 6.38. The van der Waals surface area contributed by atoms with Gasteiger partial charge in [0, 0.05) is 19.4 Å². The topological polar surface area (TPSA) is 136 Å². The molecular weight excluding hydrogens is 512 g/mol. The number of ketones is 1. The molecule has 206 valence electrons. The normalized spacial score (nSPS) is 15.2. The second kappa shape index (κ2) is 13.2. The predicted octanol–water partition coefficient (Wildman–Crippen LogP) is 2.69. The largest absolute Gasteiger partial charge is 0.464 e. The molecule has 10 heteroatoms. The minimum Gasteiger partial charge on any atom is -0.464 e. The number of likely N-dealkylation sites (tertiary alicyclic amines) is 1. The third-order valence-corrected chi connectivity index (χ3v) is 6.62. The van der Waals surface area contributed by atoms with Gasteiger partial charge in [0.15, 0.2) is 0 Å². The zero-order chi connectivity index (χ0) is 28.5. The summed E-state index contributed by atoms with van der Waals surface area (Å²) < 4.78 is 0. The minimum absolute atomic E-state index is 0.00391. The van der Waals surface area contributed by atoms with Crippen molar-refractivity contribution in [1.29, 1.82) is 0 Å². The lowest BCUT2D eigenvalue weighted by atomic mass is 10.0. The van der Waals surface area contributed by atoms with E-state index in [0.717, 1.165) is 5.56 Å². The first kappa shape index (κ1) is 28.0. The van der Waals surface area contributed by atoms with Crippen molar-refractivity contribution in [2.75, 3.05) is 0 Å². The van der Waals surface area contributed by atoms with Crippen molar-refractivity contribution in [3.8, 4) is 0 Å². The number of hydrogen-bond acceptors (Lipinski definition) is 5. The van der Waals surface area contributed by atoms with Crippen LogP contribution >= 0.6 is 0 Å². The monoisotopic (exact) mass is 542 g/mol. The van der Waals surface area contributed by atoms with Crippen molar-refractivity contribution in [2.45, 2.75) is 44.4 Å². The highest BCUT2D eigenvalue weighted by Crippen LogP contribution is 2.22. The standard InChI is InChI=1S/C30H30N4O6/c35-26-17-16-25(33(26)19-22-12-6-2-7-13-22)28(37)31-24(18-21-10-4-1-5-11-21)27(36)29(38)32-34(30(39)40)20-23-14-8-3-9-15-23/h1-15,24-25H,16-20H2,(H,31,37)(H,32,38)(H,39,40)/t24?,25-/m1/s1. The Morgan fingerprint density at radius 3 is 1.98 bits per heavy atom. The van der Waals surface area contributed by atoms with E-state index < -0.39 is 35.8 Å².